The number of hydrogen-bond donors (Lipinski definition) is 0. The van der Waals surface area contributed by atoms with Gasteiger partial charge in [0.15, 0.2) is 0 Å². The predicted molar refractivity (Wildman–Crippen MR) is 56.9 cm³/mol. The minimum absolute atomic E-state index is 0. The van der Waals surface area contributed by atoms with E-state index < -0.39 is 8.07 Å². The van der Waals surface area contributed by atoms with E-state index in [-0.39, 0.29) is 1.43 Å². The molecule has 1 rings (SSSR count). The molecule has 0 amide bonds. The van der Waals surface area contributed by atoms with E-state index in [2.05, 4.69) is 19.6 Å². The van der Waals surface area contributed by atoms with Crippen molar-refractivity contribution < 1.29 is 6.16 Å². The van der Waals surface area contributed by atoms with Crippen LogP contribution in [-0.4, -0.2) is 29.8 Å². The molecule has 0 aromatic rings. The van der Waals surface area contributed by atoms with Crippen molar-refractivity contribution in [2.24, 2.45) is 0 Å². The van der Waals surface area contributed by atoms with Gasteiger partial charge in [-0.15, -0.1) is 0 Å². The third-order valence-corrected chi connectivity index (χ3v) is 11.9. The lowest BCUT2D eigenvalue weighted by atomic mass is 10.2. The Morgan fingerprint density at radius 1 is 1.36 bits per heavy atom. The molecule has 0 bridgehead atoms. The van der Waals surface area contributed by atoms with E-state index in [9.17, 15) is 0 Å². The molecule has 0 aromatic carbocycles. The van der Waals surface area contributed by atoms with E-state index in [0.29, 0.717) is 4.85 Å². The molecule has 0 radical (unpaired) electrons. The largest absolute Gasteiger partial charge is 1.00 e. The first-order valence-corrected chi connectivity index (χ1v) is 9.10. The van der Waals surface area contributed by atoms with Crippen LogP contribution in [0, 0.1) is 0 Å². The second-order valence-corrected chi connectivity index (χ2v) is 13.0. The number of ether oxygens (including phenoxy) is 1. The molecule has 0 spiro atoms. The molecule has 11 heavy (non-hydrogen) atoms. The Labute approximate surface area is 75.4 Å². The second kappa shape index (κ2) is 3.03. The normalized spacial score (nSPS) is 34.1. The highest BCUT2D eigenvalue weighted by atomic mass is 28.4. The van der Waals surface area contributed by atoms with Gasteiger partial charge in [0.1, 0.15) is 0 Å². The SMILES string of the molecule is C[Si](C)(C)C1([SiH3])CCCCO1.[H+]. The highest BCUT2D eigenvalue weighted by Crippen LogP contribution is 2.30. The lowest BCUT2D eigenvalue weighted by Crippen LogP contribution is -2.56. The minimum atomic E-state index is -1.04. The third kappa shape index (κ3) is 1.95. The quantitative estimate of drug-likeness (QED) is 0.564. The maximum Gasteiger partial charge on any atom is 1.00 e. The molecule has 66 valence electrons. The Kier molecular flexibility index (Phi) is 2.61. The van der Waals surface area contributed by atoms with Crippen molar-refractivity contribution in [1.82, 2.24) is 0 Å². The van der Waals surface area contributed by atoms with Crippen LogP contribution in [0.5, 0.6) is 0 Å². The smallest absolute Gasteiger partial charge is 0.383 e. The first kappa shape index (κ1) is 9.48. The molecular weight excluding hydrogens is 168 g/mol. The Balaban J connectivity index is 0.00000121. The molecule has 1 fully saturated rings. The molecule has 1 nitrogen and oxygen atoms in total. The highest BCUT2D eigenvalue weighted by Gasteiger charge is 2.40. The Morgan fingerprint density at radius 3 is 2.27 bits per heavy atom. The molecule has 3 heteroatoms. The predicted octanol–water partition coefficient (Wildman–Crippen LogP) is 1.24. The fourth-order valence-electron chi connectivity index (χ4n) is 1.53. The van der Waals surface area contributed by atoms with Crippen LogP contribution in [0.25, 0.3) is 0 Å². The lowest BCUT2D eigenvalue weighted by molar-refractivity contribution is 0.0306. The van der Waals surface area contributed by atoms with Gasteiger partial charge >= 0.3 is 1.43 Å². The van der Waals surface area contributed by atoms with Gasteiger partial charge in [0, 0.05) is 21.7 Å². The van der Waals surface area contributed by atoms with Gasteiger partial charge in [0.05, 0.1) is 8.07 Å². The van der Waals surface area contributed by atoms with Gasteiger partial charge in [-0.25, -0.2) is 0 Å². The van der Waals surface area contributed by atoms with Crippen LogP contribution in [0.2, 0.25) is 19.6 Å². The fourth-order valence-corrected chi connectivity index (χ4v) is 3.55. The summed E-state index contributed by atoms with van der Waals surface area (Å²) < 4.78 is 5.95. The summed E-state index contributed by atoms with van der Waals surface area (Å²) in [6.45, 7) is 8.33. The lowest BCUT2D eigenvalue weighted by Gasteiger charge is -2.43. The zero-order valence-corrected chi connectivity index (χ0v) is 11.2. The molecule has 1 aliphatic rings. The molecule has 1 aliphatic heterocycles. The van der Waals surface area contributed by atoms with Crippen LogP contribution in [0.1, 0.15) is 20.7 Å². The molecule has 0 saturated carbocycles. The van der Waals surface area contributed by atoms with Crippen LogP contribution >= 0.6 is 0 Å². The van der Waals surface area contributed by atoms with Gasteiger partial charge in [-0.05, 0) is 19.3 Å². The number of rotatable bonds is 1. The van der Waals surface area contributed by atoms with E-state index in [1.165, 1.54) is 29.5 Å². The fraction of sp³-hybridized carbons (Fsp3) is 1.00. The summed E-state index contributed by atoms with van der Waals surface area (Å²) in [5.74, 6) is 0. The van der Waals surface area contributed by atoms with Crippen LogP contribution in [0.15, 0.2) is 0 Å². The summed E-state index contributed by atoms with van der Waals surface area (Å²) in [4.78, 5) is 0.394. The Morgan fingerprint density at radius 2 is 2.00 bits per heavy atom. The van der Waals surface area contributed by atoms with Crippen molar-refractivity contribution in [3.63, 3.8) is 0 Å². The van der Waals surface area contributed by atoms with Crippen molar-refractivity contribution in [2.75, 3.05) is 6.61 Å². The molecule has 1 atom stereocenters. The summed E-state index contributed by atoms with van der Waals surface area (Å²) in [5.41, 5.74) is 0. The molecule has 1 saturated heterocycles. The van der Waals surface area contributed by atoms with Gasteiger partial charge in [-0.2, -0.15) is 0 Å². The summed E-state index contributed by atoms with van der Waals surface area (Å²) >= 11 is 0. The average Bonchev–Trinajstić information content (AvgIpc) is 1.87. The Bertz CT molecular complexity index is 138. The zero-order chi connectivity index (χ0) is 8.54. The minimum Gasteiger partial charge on any atom is -0.383 e. The van der Waals surface area contributed by atoms with Crippen molar-refractivity contribution in [2.45, 2.75) is 43.8 Å². The highest BCUT2D eigenvalue weighted by molar-refractivity contribution is 6.84. The zero-order valence-electron chi connectivity index (χ0n) is 9.24. The van der Waals surface area contributed by atoms with Crippen LogP contribution < -0.4 is 0 Å². The third-order valence-electron chi connectivity index (χ3n) is 3.06. The van der Waals surface area contributed by atoms with E-state index in [1.807, 2.05) is 0 Å². The molecule has 0 N–H and O–H groups in total. The summed E-state index contributed by atoms with van der Waals surface area (Å²) in [6.07, 6.45) is 4.02. The maximum absolute atomic E-state index is 5.95. The van der Waals surface area contributed by atoms with Gasteiger partial charge < -0.3 is 4.74 Å². The molecular formula is C8H21OSi2+. The molecule has 0 aromatic heterocycles. The van der Waals surface area contributed by atoms with Crippen molar-refractivity contribution >= 4 is 18.3 Å². The summed E-state index contributed by atoms with van der Waals surface area (Å²) in [5, 5.41) is 0. The standard InChI is InChI=1S/C8H20OSi2/c1-11(2,3)8(10)6-4-5-7-9-8/h4-7H2,1-3,10H3/p+1. The summed E-state index contributed by atoms with van der Waals surface area (Å²) in [6, 6.07) is 0. The van der Waals surface area contributed by atoms with Gasteiger partial charge in [-0.3, -0.25) is 0 Å². The first-order valence-electron chi connectivity index (χ1n) is 4.60. The van der Waals surface area contributed by atoms with E-state index in [1.54, 1.807) is 0 Å². The average molecular weight is 189 g/mol. The molecule has 1 unspecified atom stereocenters. The second-order valence-electron chi connectivity index (χ2n) is 4.79. The molecule has 0 aliphatic carbocycles. The summed E-state index contributed by atoms with van der Waals surface area (Å²) in [7, 11) is 0.187. The van der Waals surface area contributed by atoms with Crippen molar-refractivity contribution in [3.8, 4) is 0 Å². The van der Waals surface area contributed by atoms with Crippen molar-refractivity contribution in [3.05, 3.63) is 0 Å². The van der Waals surface area contributed by atoms with E-state index in [0.717, 1.165) is 6.61 Å². The van der Waals surface area contributed by atoms with Crippen LogP contribution in [-0.2, 0) is 4.74 Å². The maximum atomic E-state index is 5.95. The molecule has 1 heterocycles. The monoisotopic (exact) mass is 189 g/mol. The van der Waals surface area contributed by atoms with Crippen LogP contribution in [0.3, 0.4) is 0 Å². The van der Waals surface area contributed by atoms with E-state index >= 15 is 0 Å². The first-order chi connectivity index (χ1) is 4.96. The van der Waals surface area contributed by atoms with Gasteiger partial charge in [0.2, 0.25) is 0 Å². The van der Waals surface area contributed by atoms with E-state index in [4.69, 9.17) is 4.74 Å². The topological polar surface area (TPSA) is 9.23 Å². The number of hydrogen-bond acceptors (Lipinski definition) is 1. The van der Waals surface area contributed by atoms with Crippen molar-refractivity contribution in [1.29, 1.82) is 0 Å². The van der Waals surface area contributed by atoms with Gasteiger partial charge in [0.25, 0.3) is 0 Å². The van der Waals surface area contributed by atoms with Gasteiger partial charge in [-0.1, -0.05) is 19.6 Å². The van der Waals surface area contributed by atoms with Crippen LogP contribution in [0.4, 0.5) is 0 Å². The Hall–Kier alpha value is 0.394.